The molecule has 0 aliphatic carbocycles. The number of hydrogen-bond donors (Lipinski definition) is 1. The van der Waals surface area contributed by atoms with Crippen molar-refractivity contribution in [3.63, 3.8) is 0 Å². The number of hydrogen-bond acceptors (Lipinski definition) is 5. The molecule has 0 spiro atoms. The van der Waals surface area contributed by atoms with Gasteiger partial charge in [-0.05, 0) is 48.5 Å². The van der Waals surface area contributed by atoms with E-state index in [0.29, 0.717) is 13.2 Å². The van der Waals surface area contributed by atoms with Gasteiger partial charge in [-0.3, -0.25) is 0 Å². The molecule has 0 bridgehead atoms. The fourth-order valence-electron chi connectivity index (χ4n) is 1.80. The molecule has 0 radical (unpaired) electrons. The summed E-state index contributed by atoms with van der Waals surface area (Å²) < 4.78 is 21.4. The smallest absolute Gasteiger partial charge is 0.119 e. The third-order valence-electron chi connectivity index (χ3n) is 3.05. The lowest BCUT2D eigenvalue weighted by molar-refractivity contribution is 0.220. The van der Waals surface area contributed by atoms with Crippen LogP contribution in [0.2, 0.25) is 0 Å². The van der Waals surface area contributed by atoms with Crippen LogP contribution in [-0.2, 0) is 0 Å². The van der Waals surface area contributed by atoms with Crippen LogP contribution in [0.5, 0.6) is 23.0 Å². The Morgan fingerprint density at radius 3 is 1.32 bits per heavy atom. The Balaban J connectivity index is 1.73. The summed E-state index contributed by atoms with van der Waals surface area (Å²) in [7, 11) is 3.25. The normalized spacial score (nSPS) is 10.4. The number of methoxy groups -OCH3 is 2. The summed E-state index contributed by atoms with van der Waals surface area (Å²) in [6, 6.07) is 14.5. The minimum absolute atomic E-state index is 0.218. The summed E-state index contributed by atoms with van der Waals surface area (Å²) in [4.78, 5) is 0. The van der Waals surface area contributed by atoms with Crippen LogP contribution in [0.4, 0.5) is 0 Å². The van der Waals surface area contributed by atoms with Crippen molar-refractivity contribution in [1.29, 1.82) is 0 Å². The molecule has 0 heterocycles. The maximum Gasteiger partial charge on any atom is 0.119 e. The maximum atomic E-state index is 5.98. The molecule has 0 aromatic heterocycles. The number of nitrogens with two attached hydrogens (primary N) is 1. The summed E-state index contributed by atoms with van der Waals surface area (Å²) in [5, 5.41) is 0. The van der Waals surface area contributed by atoms with Gasteiger partial charge in [0, 0.05) is 0 Å². The summed E-state index contributed by atoms with van der Waals surface area (Å²) in [6.45, 7) is 0.755. The van der Waals surface area contributed by atoms with E-state index < -0.39 is 0 Å². The quantitative estimate of drug-likeness (QED) is 0.812. The minimum Gasteiger partial charge on any atom is -0.497 e. The molecule has 22 heavy (non-hydrogen) atoms. The van der Waals surface area contributed by atoms with Crippen molar-refractivity contribution in [2.45, 2.75) is 6.04 Å². The first kappa shape index (κ1) is 16.0. The first-order valence-electron chi connectivity index (χ1n) is 7.00. The van der Waals surface area contributed by atoms with Crippen molar-refractivity contribution in [3.05, 3.63) is 48.5 Å². The predicted molar refractivity (Wildman–Crippen MR) is 85.0 cm³/mol. The average molecular weight is 303 g/mol. The van der Waals surface area contributed by atoms with Gasteiger partial charge in [0.05, 0.1) is 20.3 Å². The van der Waals surface area contributed by atoms with E-state index in [0.717, 1.165) is 23.0 Å². The first-order chi connectivity index (χ1) is 10.7. The summed E-state index contributed by atoms with van der Waals surface area (Å²) in [5.74, 6) is 3.08. The molecule has 0 saturated heterocycles. The molecule has 2 aromatic carbocycles. The molecule has 0 amide bonds. The molecule has 0 aliphatic rings. The van der Waals surface area contributed by atoms with Crippen molar-refractivity contribution in [1.82, 2.24) is 0 Å². The molecule has 2 rings (SSSR count). The van der Waals surface area contributed by atoms with E-state index in [4.69, 9.17) is 24.7 Å². The summed E-state index contributed by atoms with van der Waals surface area (Å²) >= 11 is 0. The van der Waals surface area contributed by atoms with Gasteiger partial charge in [-0.15, -0.1) is 0 Å². The lowest BCUT2D eigenvalue weighted by Crippen LogP contribution is -2.34. The monoisotopic (exact) mass is 303 g/mol. The number of ether oxygens (including phenoxy) is 4. The predicted octanol–water partition coefficient (Wildman–Crippen LogP) is 2.49. The zero-order chi connectivity index (χ0) is 15.8. The fourth-order valence-corrected chi connectivity index (χ4v) is 1.80. The van der Waals surface area contributed by atoms with Gasteiger partial charge in [0.1, 0.15) is 36.2 Å². The maximum absolute atomic E-state index is 5.98. The highest BCUT2D eigenvalue weighted by atomic mass is 16.5. The molecule has 0 atom stereocenters. The summed E-state index contributed by atoms with van der Waals surface area (Å²) in [6.07, 6.45) is 0. The SMILES string of the molecule is COc1ccc(OCC(N)COc2ccc(OC)cc2)cc1. The van der Waals surface area contributed by atoms with Crippen molar-refractivity contribution < 1.29 is 18.9 Å². The van der Waals surface area contributed by atoms with E-state index in [2.05, 4.69) is 0 Å². The number of benzene rings is 2. The zero-order valence-electron chi connectivity index (χ0n) is 12.8. The van der Waals surface area contributed by atoms with Crippen LogP contribution in [0, 0.1) is 0 Å². The van der Waals surface area contributed by atoms with Gasteiger partial charge in [0.25, 0.3) is 0 Å². The molecule has 5 nitrogen and oxygen atoms in total. The van der Waals surface area contributed by atoms with Crippen LogP contribution in [0.1, 0.15) is 0 Å². The Hall–Kier alpha value is -2.40. The molecule has 0 unspecified atom stereocenters. The van der Waals surface area contributed by atoms with Crippen LogP contribution in [0.15, 0.2) is 48.5 Å². The highest BCUT2D eigenvalue weighted by molar-refractivity contribution is 5.32. The van der Waals surface area contributed by atoms with Gasteiger partial charge in [0.2, 0.25) is 0 Å². The highest BCUT2D eigenvalue weighted by Crippen LogP contribution is 2.18. The van der Waals surface area contributed by atoms with Gasteiger partial charge in [-0.2, -0.15) is 0 Å². The Labute approximate surface area is 130 Å². The molecular formula is C17H21NO4. The van der Waals surface area contributed by atoms with Crippen molar-refractivity contribution >= 4 is 0 Å². The minimum atomic E-state index is -0.218. The second-order valence-corrected chi connectivity index (χ2v) is 4.73. The second kappa shape index (κ2) is 8.14. The third kappa shape index (κ3) is 4.86. The molecule has 2 aromatic rings. The first-order valence-corrected chi connectivity index (χ1v) is 7.00. The molecular weight excluding hydrogens is 282 g/mol. The van der Waals surface area contributed by atoms with E-state index in [-0.39, 0.29) is 6.04 Å². The molecule has 5 heteroatoms. The highest BCUT2D eigenvalue weighted by Gasteiger charge is 2.06. The van der Waals surface area contributed by atoms with Gasteiger partial charge in [0.15, 0.2) is 0 Å². The van der Waals surface area contributed by atoms with Gasteiger partial charge in [-0.1, -0.05) is 0 Å². The lowest BCUT2D eigenvalue weighted by atomic mass is 10.3. The van der Waals surface area contributed by atoms with Gasteiger partial charge < -0.3 is 24.7 Å². The Morgan fingerprint density at radius 1 is 0.682 bits per heavy atom. The number of rotatable bonds is 8. The zero-order valence-corrected chi connectivity index (χ0v) is 12.8. The van der Waals surface area contributed by atoms with E-state index in [1.54, 1.807) is 14.2 Å². The van der Waals surface area contributed by atoms with Crippen molar-refractivity contribution in [3.8, 4) is 23.0 Å². The average Bonchev–Trinajstić information content (AvgIpc) is 2.59. The van der Waals surface area contributed by atoms with Crippen LogP contribution in [0.3, 0.4) is 0 Å². The fraction of sp³-hybridized carbons (Fsp3) is 0.294. The molecule has 0 saturated carbocycles. The van der Waals surface area contributed by atoms with Crippen molar-refractivity contribution in [2.24, 2.45) is 5.73 Å². The van der Waals surface area contributed by atoms with Crippen LogP contribution in [0.25, 0.3) is 0 Å². The Morgan fingerprint density at radius 2 is 1.00 bits per heavy atom. The van der Waals surface area contributed by atoms with Crippen LogP contribution < -0.4 is 24.7 Å². The third-order valence-corrected chi connectivity index (χ3v) is 3.05. The Kier molecular flexibility index (Phi) is 5.91. The Bertz CT molecular complexity index is 502. The van der Waals surface area contributed by atoms with E-state index in [1.165, 1.54) is 0 Å². The van der Waals surface area contributed by atoms with Gasteiger partial charge >= 0.3 is 0 Å². The van der Waals surface area contributed by atoms with E-state index >= 15 is 0 Å². The molecule has 0 aliphatic heterocycles. The van der Waals surface area contributed by atoms with Crippen LogP contribution in [-0.4, -0.2) is 33.5 Å². The van der Waals surface area contributed by atoms with Crippen LogP contribution >= 0.6 is 0 Å². The van der Waals surface area contributed by atoms with E-state index in [9.17, 15) is 0 Å². The standard InChI is InChI=1S/C17H21NO4/c1-19-14-3-7-16(8-4-14)21-11-13(18)12-22-17-9-5-15(20-2)6-10-17/h3-10,13H,11-12,18H2,1-2H3. The molecule has 0 fully saturated rings. The lowest BCUT2D eigenvalue weighted by Gasteiger charge is -2.14. The van der Waals surface area contributed by atoms with Gasteiger partial charge in [-0.25, -0.2) is 0 Å². The second-order valence-electron chi connectivity index (χ2n) is 4.73. The summed E-state index contributed by atoms with van der Waals surface area (Å²) in [5.41, 5.74) is 5.98. The van der Waals surface area contributed by atoms with E-state index in [1.807, 2.05) is 48.5 Å². The topological polar surface area (TPSA) is 62.9 Å². The van der Waals surface area contributed by atoms with Crippen molar-refractivity contribution in [2.75, 3.05) is 27.4 Å². The largest absolute Gasteiger partial charge is 0.497 e. The molecule has 118 valence electrons. The molecule has 2 N–H and O–H groups in total.